The maximum atomic E-state index is 12.5. The molecule has 0 fully saturated rings. The van der Waals surface area contributed by atoms with Crippen LogP contribution in [0.2, 0.25) is 0 Å². The quantitative estimate of drug-likeness (QED) is 0.706. The second-order valence-corrected chi connectivity index (χ2v) is 8.39. The summed E-state index contributed by atoms with van der Waals surface area (Å²) < 4.78 is 31.3. The molecule has 0 aliphatic rings. The third kappa shape index (κ3) is 3.24. The van der Waals surface area contributed by atoms with E-state index in [1.54, 1.807) is 37.5 Å². The summed E-state index contributed by atoms with van der Waals surface area (Å²) in [4.78, 5) is 12.7. The number of nitrogens with zero attached hydrogens (tertiary/aromatic N) is 1. The van der Waals surface area contributed by atoms with Crippen LogP contribution in [-0.2, 0) is 16.9 Å². The van der Waals surface area contributed by atoms with Crippen molar-refractivity contribution in [3.63, 3.8) is 0 Å². The SMILES string of the molecule is CCOc1ccc(S(C)(=O)=O)cc1-c1cn(C)c(=O)c2ccc(C)cc12. The smallest absolute Gasteiger partial charge is 0.258 e. The van der Waals surface area contributed by atoms with Crippen LogP contribution in [0, 0.1) is 6.92 Å². The highest BCUT2D eigenvalue weighted by Crippen LogP contribution is 2.36. The fourth-order valence-corrected chi connectivity index (χ4v) is 3.67. The second-order valence-electron chi connectivity index (χ2n) is 6.37. The number of hydrogen-bond donors (Lipinski definition) is 0. The molecule has 26 heavy (non-hydrogen) atoms. The van der Waals surface area contributed by atoms with Crippen molar-refractivity contribution >= 4 is 20.6 Å². The van der Waals surface area contributed by atoms with E-state index in [0.717, 1.165) is 16.5 Å². The molecule has 0 spiro atoms. The van der Waals surface area contributed by atoms with Crippen molar-refractivity contribution in [2.45, 2.75) is 18.7 Å². The van der Waals surface area contributed by atoms with Gasteiger partial charge in [0.05, 0.1) is 11.5 Å². The van der Waals surface area contributed by atoms with Gasteiger partial charge < -0.3 is 9.30 Å². The van der Waals surface area contributed by atoms with Gasteiger partial charge in [0, 0.05) is 36.0 Å². The summed E-state index contributed by atoms with van der Waals surface area (Å²) in [5, 5.41) is 1.36. The number of fused-ring (bicyclic) bond motifs is 1. The molecule has 5 nitrogen and oxygen atoms in total. The van der Waals surface area contributed by atoms with E-state index in [4.69, 9.17) is 4.74 Å². The van der Waals surface area contributed by atoms with Crippen molar-refractivity contribution in [2.24, 2.45) is 7.05 Å². The highest BCUT2D eigenvalue weighted by molar-refractivity contribution is 7.90. The molecule has 1 heterocycles. The Labute approximate surface area is 152 Å². The summed E-state index contributed by atoms with van der Waals surface area (Å²) in [7, 11) is -1.68. The molecule has 1 aromatic heterocycles. The van der Waals surface area contributed by atoms with E-state index < -0.39 is 9.84 Å². The Hall–Kier alpha value is -2.60. The Balaban J connectivity index is 2.44. The lowest BCUT2D eigenvalue weighted by Gasteiger charge is -2.15. The van der Waals surface area contributed by atoms with Crippen LogP contribution in [0.1, 0.15) is 12.5 Å². The zero-order chi connectivity index (χ0) is 19.1. The Morgan fingerprint density at radius 3 is 2.42 bits per heavy atom. The summed E-state index contributed by atoms with van der Waals surface area (Å²) >= 11 is 0. The molecule has 0 saturated heterocycles. The third-order valence-corrected chi connectivity index (χ3v) is 5.42. The highest BCUT2D eigenvalue weighted by Gasteiger charge is 2.17. The molecule has 3 rings (SSSR count). The van der Waals surface area contributed by atoms with Gasteiger partial charge in [-0.25, -0.2) is 8.42 Å². The molecule has 0 unspecified atom stereocenters. The number of ether oxygens (including phenoxy) is 1. The molecule has 0 radical (unpaired) electrons. The van der Waals surface area contributed by atoms with Crippen LogP contribution in [-0.4, -0.2) is 25.8 Å². The largest absolute Gasteiger partial charge is 0.493 e. The van der Waals surface area contributed by atoms with E-state index in [1.807, 2.05) is 26.0 Å². The normalized spacial score (nSPS) is 11.7. The van der Waals surface area contributed by atoms with Crippen LogP contribution in [0.15, 0.2) is 52.3 Å². The number of benzene rings is 2. The molecule has 2 aromatic carbocycles. The molecular weight excluding hydrogens is 350 g/mol. The Bertz CT molecular complexity index is 1160. The number of sulfone groups is 1. The van der Waals surface area contributed by atoms with Crippen LogP contribution in [0.5, 0.6) is 5.75 Å². The first-order valence-corrected chi connectivity index (χ1v) is 10.2. The first kappa shape index (κ1) is 18.2. The Morgan fingerprint density at radius 2 is 1.77 bits per heavy atom. The van der Waals surface area contributed by atoms with Crippen molar-refractivity contribution in [2.75, 3.05) is 12.9 Å². The number of aromatic nitrogens is 1. The lowest BCUT2D eigenvalue weighted by molar-refractivity contribution is 0.341. The van der Waals surface area contributed by atoms with Gasteiger partial charge in [-0.05, 0) is 43.5 Å². The zero-order valence-corrected chi connectivity index (χ0v) is 16.1. The summed E-state index contributed by atoms with van der Waals surface area (Å²) in [6.45, 7) is 4.28. The standard InChI is InChI=1S/C20H21NO4S/c1-5-25-19-9-7-14(26(4,23)24)11-17(19)18-12-21(3)20(22)15-8-6-13(2)10-16(15)18/h6-12H,5H2,1-4H3. The number of pyridine rings is 1. The van der Waals surface area contributed by atoms with Gasteiger partial charge in [0.25, 0.3) is 5.56 Å². The second kappa shape index (κ2) is 6.61. The van der Waals surface area contributed by atoms with E-state index in [9.17, 15) is 13.2 Å². The first-order valence-electron chi connectivity index (χ1n) is 8.29. The van der Waals surface area contributed by atoms with E-state index >= 15 is 0 Å². The summed E-state index contributed by atoms with van der Waals surface area (Å²) in [6.07, 6.45) is 2.91. The van der Waals surface area contributed by atoms with Gasteiger partial charge in [-0.15, -0.1) is 0 Å². The van der Waals surface area contributed by atoms with Crippen molar-refractivity contribution in [1.29, 1.82) is 0 Å². The monoisotopic (exact) mass is 371 g/mol. The van der Waals surface area contributed by atoms with Crippen LogP contribution in [0.3, 0.4) is 0 Å². The molecule has 0 aliphatic heterocycles. The minimum absolute atomic E-state index is 0.0963. The minimum atomic E-state index is -3.37. The predicted molar refractivity (Wildman–Crippen MR) is 104 cm³/mol. The molecule has 0 saturated carbocycles. The van der Waals surface area contributed by atoms with Crippen molar-refractivity contribution < 1.29 is 13.2 Å². The average molecular weight is 371 g/mol. The van der Waals surface area contributed by atoms with E-state index in [2.05, 4.69) is 0 Å². The summed E-state index contributed by atoms with van der Waals surface area (Å²) in [5.74, 6) is 0.585. The minimum Gasteiger partial charge on any atom is -0.493 e. The molecule has 3 aromatic rings. The van der Waals surface area contributed by atoms with E-state index in [0.29, 0.717) is 23.3 Å². The van der Waals surface area contributed by atoms with Gasteiger partial charge in [0.15, 0.2) is 9.84 Å². The molecule has 0 atom stereocenters. The van der Waals surface area contributed by atoms with Gasteiger partial charge in [0.1, 0.15) is 5.75 Å². The number of rotatable bonds is 4. The summed E-state index contributed by atoms with van der Waals surface area (Å²) in [6, 6.07) is 10.5. The van der Waals surface area contributed by atoms with Crippen LogP contribution >= 0.6 is 0 Å². The first-order chi connectivity index (χ1) is 12.2. The Kier molecular flexibility index (Phi) is 4.63. The molecule has 6 heteroatoms. The highest BCUT2D eigenvalue weighted by atomic mass is 32.2. The van der Waals surface area contributed by atoms with Crippen LogP contribution in [0.4, 0.5) is 0 Å². The van der Waals surface area contributed by atoms with Gasteiger partial charge in [0.2, 0.25) is 0 Å². The number of aryl methyl sites for hydroxylation is 2. The van der Waals surface area contributed by atoms with Gasteiger partial charge in [-0.3, -0.25) is 4.79 Å². The molecule has 0 N–H and O–H groups in total. The maximum Gasteiger partial charge on any atom is 0.258 e. The van der Waals surface area contributed by atoms with E-state index in [-0.39, 0.29) is 10.5 Å². The lowest BCUT2D eigenvalue weighted by atomic mass is 9.98. The third-order valence-electron chi connectivity index (χ3n) is 4.31. The predicted octanol–water partition coefficient (Wildman–Crippen LogP) is 3.32. The van der Waals surface area contributed by atoms with Gasteiger partial charge >= 0.3 is 0 Å². The van der Waals surface area contributed by atoms with Gasteiger partial charge in [-0.2, -0.15) is 0 Å². The maximum absolute atomic E-state index is 12.5. The fourth-order valence-electron chi connectivity index (χ4n) is 3.03. The van der Waals surface area contributed by atoms with Crippen molar-refractivity contribution in [1.82, 2.24) is 4.57 Å². The van der Waals surface area contributed by atoms with Crippen LogP contribution in [0.25, 0.3) is 21.9 Å². The molecule has 0 aliphatic carbocycles. The van der Waals surface area contributed by atoms with Crippen molar-refractivity contribution in [3.05, 3.63) is 58.5 Å². The average Bonchev–Trinajstić information content (AvgIpc) is 2.58. The van der Waals surface area contributed by atoms with Gasteiger partial charge in [-0.1, -0.05) is 17.7 Å². The van der Waals surface area contributed by atoms with E-state index in [1.165, 1.54) is 10.8 Å². The fraction of sp³-hybridized carbons (Fsp3) is 0.250. The summed E-state index contributed by atoms with van der Waals surface area (Å²) in [5.41, 5.74) is 2.34. The lowest BCUT2D eigenvalue weighted by Crippen LogP contribution is -2.16. The topological polar surface area (TPSA) is 65.4 Å². The van der Waals surface area contributed by atoms with Crippen LogP contribution < -0.4 is 10.3 Å². The number of hydrogen-bond acceptors (Lipinski definition) is 4. The zero-order valence-electron chi connectivity index (χ0n) is 15.2. The molecule has 0 amide bonds. The molecular formula is C20H21NO4S. The van der Waals surface area contributed by atoms with Crippen molar-refractivity contribution in [3.8, 4) is 16.9 Å². The molecule has 0 bridgehead atoms. The molecule has 136 valence electrons. The Morgan fingerprint density at radius 1 is 1.04 bits per heavy atom.